The molecule has 122 valence electrons. The molecular formula is C17H19NO4S. The van der Waals surface area contributed by atoms with E-state index in [9.17, 15) is 13.2 Å². The van der Waals surface area contributed by atoms with Crippen LogP contribution in [-0.2, 0) is 16.3 Å². The number of carbonyl (C=O) groups is 1. The van der Waals surface area contributed by atoms with Crippen LogP contribution in [0.25, 0.3) is 0 Å². The van der Waals surface area contributed by atoms with Gasteiger partial charge in [-0.2, -0.15) is 0 Å². The fourth-order valence-corrected chi connectivity index (χ4v) is 3.07. The third-order valence-corrected chi connectivity index (χ3v) is 4.54. The van der Waals surface area contributed by atoms with E-state index < -0.39 is 9.84 Å². The zero-order chi connectivity index (χ0) is 16.9. The molecular weight excluding hydrogens is 314 g/mol. The molecule has 0 radical (unpaired) electrons. The molecule has 0 fully saturated rings. The van der Waals surface area contributed by atoms with E-state index in [2.05, 4.69) is 5.32 Å². The molecule has 2 rings (SSSR count). The van der Waals surface area contributed by atoms with Gasteiger partial charge in [0.1, 0.15) is 5.75 Å². The summed E-state index contributed by atoms with van der Waals surface area (Å²) < 4.78 is 28.5. The Hall–Kier alpha value is -2.34. The lowest BCUT2D eigenvalue weighted by Gasteiger charge is -2.09. The maximum absolute atomic E-state index is 12.2. The first-order valence-electron chi connectivity index (χ1n) is 7.12. The van der Waals surface area contributed by atoms with E-state index in [1.165, 1.54) is 12.1 Å². The second kappa shape index (κ2) is 7.28. The van der Waals surface area contributed by atoms with Gasteiger partial charge in [0.2, 0.25) is 0 Å². The highest BCUT2D eigenvalue weighted by Gasteiger charge is 2.17. The first-order valence-corrected chi connectivity index (χ1v) is 9.01. The third-order valence-electron chi connectivity index (χ3n) is 3.39. The molecule has 0 aliphatic rings. The van der Waals surface area contributed by atoms with Crippen molar-refractivity contribution in [3.05, 3.63) is 59.7 Å². The topological polar surface area (TPSA) is 72.5 Å². The predicted molar refractivity (Wildman–Crippen MR) is 88.6 cm³/mol. The summed E-state index contributed by atoms with van der Waals surface area (Å²) in [7, 11) is -1.83. The van der Waals surface area contributed by atoms with Gasteiger partial charge in [-0.1, -0.05) is 24.3 Å². The van der Waals surface area contributed by atoms with Gasteiger partial charge in [0, 0.05) is 12.8 Å². The molecule has 0 aromatic heterocycles. The maximum atomic E-state index is 12.2. The number of amides is 1. The standard InChI is InChI=1S/C17H19NO4S/c1-22-14-9-7-13(8-10-14)11-12-18-17(19)15-5-3-4-6-16(15)23(2,20)21/h3-10H,11-12H2,1-2H3,(H,18,19). The van der Waals surface area contributed by atoms with Crippen molar-refractivity contribution in [2.24, 2.45) is 0 Å². The highest BCUT2D eigenvalue weighted by Crippen LogP contribution is 2.15. The number of hydrogen-bond donors (Lipinski definition) is 1. The van der Waals surface area contributed by atoms with Crippen LogP contribution in [-0.4, -0.2) is 34.2 Å². The van der Waals surface area contributed by atoms with E-state index in [4.69, 9.17) is 4.74 Å². The largest absolute Gasteiger partial charge is 0.497 e. The molecule has 5 nitrogen and oxygen atoms in total. The van der Waals surface area contributed by atoms with Crippen molar-refractivity contribution < 1.29 is 17.9 Å². The average molecular weight is 333 g/mol. The molecule has 0 aliphatic carbocycles. The summed E-state index contributed by atoms with van der Waals surface area (Å²) in [4.78, 5) is 12.3. The lowest BCUT2D eigenvalue weighted by Crippen LogP contribution is -2.27. The molecule has 0 spiro atoms. The van der Waals surface area contributed by atoms with E-state index in [0.29, 0.717) is 13.0 Å². The molecule has 0 saturated carbocycles. The van der Waals surface area contributed by atoms with Crippen molar-refractivity contribution in [3.63, 3.8) is 0 Å². The van der Waals surface area contributed by atoms with Gasteiger partial charge < -0.3 is 10.1 Å². The zero-order valence-corrected chi connectivity index (χ0v) is 13.9. The number of benzene rings is 2. The second-order valence-electron chi connectivity index (χ2n) is 5.12. The molecule has 0 aliphatic heterocycles. The summed E-state index contributed by atoms with van der Waals surface area (Å²) in [5.41, 5.74) is 1.23. The van der Waals surface area contributed by atoms with Gasteiger partial charge in [-0.3, -0.25) is 4.79 Å². The van der Waals surface area contributed by atoms with E-state index >= 15 is 0 Å². The first-order chi connectivity index (χ1) is 10.9. The van der Waals surface area contributed by atoms with Crippen molar-refractivity contribution in [1.29, 1.82) is 0 Å². The number of sulfone groups is 1. The summed E-state index contributed by atoms with van der Waals surface area (Å²) in [6.45, 7) is 0.420. The molecule has 0 atom stereocenters. The Morgan fingerprint density at radius 1 is 1.09 bits per heavy atom. The van der Waals surface area contributed by atoms with Crippen LogP contribution in [0, 0.1) is 0 Å². The monoisotopic (exact) mass is 333 g/mol. The van der Waals surface area contributed by atoms with Crippen LogP contribution in [0.1, 0.15) is 15.9 Å². The number of methoxy groups -OCH3 is 1. The molecule has 6 heteroatoms. The minimum Gasteiger partial charge on any atom is -0.497 e. The van der Waals surface area contributed by atoms with Crippen LogP contribution in [0.2, 0.25) is 0 Å². The molecule has 1 amide bonds. The van der Waals surface area contributed by atoms with E-state index in [1.54, 1.807) is 19.2 Å². The highest BCUT2D eigenvalue weighted by atomic mass is 32.2. The van der Waals surface area contributed by atoms with Crippen LogP contribution >= 0.6 is 0 Å². The zero-order valence-electron chi connectivity index (χ0n) is 13.1. The smallest absolute Gasteiger partial charge is 0.252 e. The van der Waals surface area contributed by atoms with Crippen LogP contribution in [0.5, 0.6) is 5.75 Å². The fourth-order valence-electron chi connectivity index (χ4n) is 2.19. The first kappa shape index (κ1) is 17.0. The minimum absolute atomic E-state index is 0.0435. The molecule has 0 saturated heterocycles. The van der Waals surface area contributed by atoms with E-state index in [-0.39, 0.29) is 16.4 Å². The Balaban J connectivity index is 2.00. The van der Waals surface area contributed by atoms with Crippen molar-refractivity contribution in [3.8, 4) is 5.75 Å². The number of rotatable bonds is 6. The predicted octanol–water partition coefficient (Wildman–Crippen LogP) is 2.07. The van der Waals surface area contributed by atoms with Crippen molar-refractivity contribution in [2.75, 3.05) is 19.9 Å². The van der Waals surface area contributed by atoms with Gasteiger partial charge >= 0.3 is 0 Å². The van der Waals surface area contributed by atoms with Gasteiger partial charge in [-0.15, -0.1) is 0 Å². The molecule has 1 N–H and O–H groups in total. The van der Waals surface area contributed by atoms with Gasteiger partial charge in [0.15, 0.2) is 9.84 Å². The quantitative estimate of drug-likeness (QED) is 0.878. The average Bonchev–Trinajstić information content (AvgIpc) is 2.54. The molecule has 23 heavy (non-hydrogen) atoms. The lowest BCUT2D eigenvalue weighted by atomic mass is 10.1. The van der Waals surface area contributed by atoms with Crippen molar-refractivity contribution in [1.82, 2.24) is 5.32 Å². The van der Waals surface area contributed by atoms with Crippen LogP contribution in [0.15, 0.2) is 53.4 Å². The summed E-state index contributed by atoms with van der Waals surface area (Å²) >= 11 is 0. The maximum Gasteiger partial charge on any atom is 0.252 e. The van der Waals surface area contributed by atoms with Gasteiger partial charge in [-0.05, 0) is 36.2 Å². The number of nitrogens with one attached hydrogen (secondary N) is 1. The van der Waals surface area contributed by atoms with Gasteiger partial charge in [0.05, 0.1) is 17.6 Å². The van der Waals surface area contributed by atoms with Crippen molar-refractivity contribution >= 4 is 15.7 Å². The third kappa shape index (κ3) is 4.56. The van der Waals surface area contributed by atoms with E-state index in [0.717, 1.165) is 17.6 Å². The van der Waals surface area contributed by atoms with Crippen LogP contribution in [0.4, 0.5) is 0 Å². The Morgan fingerprint density at radius 2 is 1.74 bits per heavy atom. The Morgan fingerprint density at radius 3 is 2.35 bits per heavy atom. The second-order valence-corrected chi connectivity index (χ2v) is 7.11. The lowest BCUT2D eigenvalue weighted by molar-refractivity contribution is 0.0951. The number of ether oxygens (including phenoxy) is 1. The normalized spacial score (nSPS) is 11.0. The summed E-state index contributed by atoms with van der Waals surface area (Å²) in [6.07, 6.45) is 1.74. The molecule has 2 aromatic rings. The summed E-state index contributed by atoms with van der Waals surface area (Å²) in [5, 5.41) is 2.75. The number of carbonyl (C=O) groups excluding carboxylic acids is 1. The van der Waals surface area contributed by atoms with Gasteiger partial charge in [-0.25, -0.2) is 8.42 Å². The van der Waals surface area contributed by atoms with Crippen LogP contribution < -0.4 is 10.1 Å². The van der Waals surface area contributed by atoms with Crippen molar-refractivity contribution in [2.45, 2.75) is 11.3 Å². The molecule has 0 bridgehead atoms. The molecule has 2 aromatic carbocycles. The molecule has 0 unspecified atom stereocenters. The van der Waals surface area contributed by atoms with Gasteiger partial charge in [0.25, 0.3) is 5.91 Å². The highest BCUT2D eigenvalue weighted by molar-refractivity contribution is 7.90. The summed E-state index contributed by atoms with van der Waals surface area (Å²) in [5.74, 6) is 0.388. The Bertz CT molecular complexity index is 782. The molecule has 0 heterocycles. The number of hydrogen-bond acceptors (Lipinski definition) is 4. The van der Waals surface area contributed by atoms with E-state index in [1.807, 2.05) is 24.3 Å². The van der Waals surface area contributed by atoms with Crippen LogP contribution in [0.3, 0.4) is 0 Å². The Kier molecular flexibility index (Phi) is 5.39. The fraction of sp³-hybridized carbons (Fsp3) is 0.235. The summed E-state index contributed by atoms with van der Waals surface area (Å²) in [6, 6.07) is 13.8. The minimum atomic E-state index is -3.44. The Labute approximate surface area is 136 Å². The SMILES string of the molecule is COc1ccc(CCNC(=O)c2ccccc2S(C)(=O)=O)cc1.